The van der Waals surface area contributed by atoms with Crippen molar-refractivity contribution in [3.63, 3.8) is 0 Å². The van der Waals surface area contributed by atoms with E-state index in [1.54, 1.807) is 0 Å². The Balaban J connectivity index is 1.62. The summed E-state index contributed by atoms with van der Waals surface area (Å²) in [6.07, 6.45) is 2.33. The van der Waals surface area contributed by atoms with Gasteiger partial charge in [0.05, 0.1) is 6.61 Å². The van der Waals surface area contributed by atoms with Gasteiger partial charge in [-0.1, -0.05) is 18.2 Å². The molecule has 1 N–H and O–H groups in total. The molecule has 3 nitrogen and oxygen atoms in total. The van der Waals surface area contributed by atoms with Gasteiger partial charge < -0.3 is 9.84 Å². The predicted octanol–water partition coefficient (Wildman–Crippen LogP) is 2.57. The Bertz CT molecular complexity index is 347. The largest absolute Gasteiger partial charge is 0.494 e. The third-order valence-electron chi connectivity index (χ3n) is 3.01. The van der Waals surface area contributed by atoms with Gasteiger partial charge in [0, 0.05) is 6.42 Å². The Kier molecular flexibility index (Phi) is 3.44. The van der Waals surface area contributed by atoms with Crippen LogP contribution in [0.15, 0.2) is 30.3 Å². The number of rotatable bonds is 6. The van der Waals surface area contributed by atoms with E-state index < -0.39 is 5.97 Å². The van der Waals surface area contributed by atoms with Crippen molar-refractivity contribution in [2.75, 3.05) is 6.61 Å². The van der Waals surface area contributed by atoms with Crippen LogP contribution in [0.3, 0.4) is 0 Å². The lowest BCUT2D eigenvalue weighted by molar-refractivity contribution is -0.137. The molecular weight excluding hydrogens is 204 g/mol. The van der Waals surface area contributed by atoms with E-state index in [1.165, 1.54) is 0 Å². The zero-order chi connectivity index (χ0) is 11.4. The molecule has 1 fully saturated rings. The van der Waals surface area contributed by atoms with E-state index in [0.29, 0.717) is 24.9 Å². The highest BCUT2D eigenvalue weighted by molar-refractivity contribution is 5.67. The van der Waals surface area contributed by atoms with Crippen LogP contribution >= 0.6 is 0 Å². The standard InChI is InChI=1S/C13H16O3/c14-13(15)9-11-8-10(11)6-7-16-12-4-2-1-3-5-12/h1-5,10-11H,6-9H2,(H,14,15)/t10?,11-/m1/s1. The zero-order valence-electron chi connectivity index (χ0n) is 9.13. The molecule has 1 unspecified atom stereocenters. The number of aliphatic carboxylic acids is 1. The fourth-order valence-electron chi connectivity index (χ4n) is 1.98. The maximum atomic E-state index is 10.5. The fourth-order valence-corrected chi connectivity index (χ4v) is 1.98. The minimum absolute atomic E-state index is 0.315. The van der Waals surface area contributed by atoms with Gasteiger partial charge in [0.2, 0.25) is 0 Å². The van der Waals surface area contributed by atoms with Crippen molar-refractivity contribution in [3.8, 4) is 5.75 Å². The van der Waals surface area contributed by atoms with Crippen LogP contribution in [0, 0.1) is 11.8 Å². The number of carboxylic acid groups (broad SMARTS) is 1. The van der Waals surface area contributed by atoms with Crippen LogP contribution in [0.5, 0.6) is 5.75 Å². The van der Waals surface area contributed by atoms with Crippen LogP contribution in [0.1, 0.15) is 19.3 Å². The number of carbonyl (C=O) groups is 1. The molecule has 3 heteroatoms. The SMILES string of the molecule is O=C(O)C[C@H]1CC1CCOc1ccccc1. The molecule has 0 aromatic heterocycles. The minimum Gasteiger partial charge on any atom is -0.494 e. The Labute approximate surface area is 95.0 Å². The van der Waals surface area contributed by atoms with Crippen LogP contribution in [0.4, 0.5) is 0 Å². The normalized spacial score (nSPS) is 22.8. The van der Waals surface area contributed by atoms with Crippen molar-refractivity contribution >= 4 is 5.97 Å². The highest BCUT2D eigenvalue weighted by atomic mass is 16.5. The lowest BCUT2D eigenvalue weighted by Gasteiger charge is -2.04. The summed E-state index contributed by atoms with van der Waals surface area (Å²) in [6, 6.07) is 9.71. The topological polar surface area (TPSA) is 46.5 Å². The first-order valence-corrected chi connectivity index (χ1v) is 5.65. The third kappa shape index (κ3) is 3.26. The molecule has 1 aliphatic carbocycles. The van der Waals surface area contributed by atoms with Gasteiger partial charge in [-0.05, 0) is 36.8 Å². The summed E-state index contributed by atoms with van der Waals surface area (Å²) >= 11 is 0. The number of hydrogen-bond acceptors (Lipinski definition) is 2. The molecule has 2 rings (SSSR count). The van der Waals surface area contributed by atoms with Crippen molar-refractivity contribution in [2.24, 2.45) is 11.8 Å². The molecular formula is C13H16O3. The molecule has 0 spiro atoms. The highest BCUT2D eigenvalue weighted by Gasteiger charge is 2.37. The molecule has 1 aromatic carbocycles. The van der Waals surface area contributed by atoms with Crippen LogP contribution in [0.25, 0.3) is 0 Å². The Hall–Kier alpha value is -1.51. The van der Waals surface area contributed by atoms with E-state index >= 15 is 0 Å². The molecule has 1 saturated carbocycles. The number of hydrogen-bond donors (Lipinski definition) is 1. The Morgan fingerprint density at radius 1 is 1.31 bits per heavy atom. The summed E-state index contributed by atoms with van der Waals surface area (Å²) in [6.45, 7) is 0.685. The number of ether oxygens (including phenoxy) is 1. The quantitative estimate of drug-likeness (QED) is 0.801. The second-order valence-corrected chi connectivity index (χ2v) is 4.30. The first-order valence-electron chi connectivity index (χ1n) is 5.65. The van der Waals surface area contributed by atoms with E-state index in [9.17, 15) is 4.79 Å². The summed E-state index contributed by atoms with van der Waals surface area (Å²) < 4.78 is 5.56. The monoisotopic (exact) mass is 220 g/mol. The number of benzene rings is 1. The first-order chi connectivity index (χ1) is 7.75. The second kappa shape index (κ2) is 5.01. The van der Waals surface area contributed by atoms with Crippen LogP contribution in [-0.2, 0) is 4.79 Å². The molecule has 0 amide bonds. The summed E-state index contributed by atoms with van der Waals surface area (Å²) in [4.78, 5) is 10.5. The van der Waals surface area contributed by atoms with Gasteiger partial charge in [0.15, 0.2) is 0 Å². The average molecular weight is 220 g/mol. The van der Waals surface area contributed by atoms with Crippen molar-refractivity contribution in [1.29, 1.82) is 0 Å². The molecule has 1 aliphatic rings. The maximum Gasteiger partial charge on any atom is 0.303 e. The molecule has 0 aliphatic heterocycles. The number of carboxylic acids is 1. The summed E-state index contributed by atoms with van der Waals surface area (Å²) in [5, 5.41) is 8.61. The van der Waals surface area contributed by atoms with Gasteiger partial charge in [-0.15, -0.1) is 0 Å². The highest BCUT2D eigenvalue weighted by Crippen LogP contribution is 2.43. The van der Waals surface area contributed by atoms with Gasteiger partial charge in [-0.25, -0.2) is 0 Å². The Morgan fingerprint density at radius 2 is 2.06 bits per heavy atom. The van der Waals surface area contributed by atoms with Crippen LogP contribution < -0.4 is 4.74 Å². The van der Waals surface area contributed by atoms with E-state index in [0.717, 1.165) is 18.6 Å². The molecule has 2 atom stereocenters. The summed E-state index contributed by atoms with van der Waals surface area (Å²) in [5.41, 5.74) is 0. The second-order valence-electron chi connectivity index (χ2n) is 4.30. The van der Waals surface area contributed by atoms with Crippen molar-refractivity contribution < 1.29 is 14.6 Å². The third-order valence-corrected chi connectivity index (χ3v) is 3.01. The smallest absolute Gasteiger partial charge is 0.303 e. The Morgan fingerprint density at radius 3 is 2.75 bits per heavy atom. The molecule has 0 bridgehead atoms. The number of para-hydroxylation sites is 1. The van der Waals surface area contributed by atoms with Gasteiger partial charge >= 0.3 is 5.97 Å². The van der Waals surface area contributed by atoms with Crippen molar-refractivity contribution in [3.05, 3.63) is 30.3 Å². The summed E-state index contributed by atoms with van der Waals surface area (Å²) in [5.74, 6) is 1.14. The van der Waals surface area contributed by atoms with E-state index in [4.69, 9.17) is 9.84 Å². The van der Waals surface area contributed by atoms with Crippen molar-refractivity contribution in [2.45, 2.75) is 19.3 Å². The minimum atomic E-state index is -0.684. The van der Waals surface area contributed by atoms with Gasteiger partial charge in [0.1, 0.15) is 5.75 Å². The molecule has 1 aromatic rings. The predicted molar refractivity (Wildman–Crippen MR) is 60.4 cm³/mol. The lowest BCUT2D eigenvalue weighted by Crippen LogP contribution is -2.01. The average Bonchev–Trinajstić information content (AvgIpc) is 2.97. The summed E-state index contributed by atoms with van der Waals surface area (Å²) in [7, 11) is 0. The maximum absolute atomic E-state index is 10.5. The van der Waals surface area contributed by atoms with Gasteiger partial charge in [0.25, 0.3) is 0 Å². The van der Waals surface area contributed by atoms with Gasteiger partial charge in [-0.2, -0.15) is 0 Å². The first kappa shape index (κ1) is 11.0. The molecule has 0 radical (unpaired) electrons. The van der Waals surface area contributed by atoms with Crippen LogP contribution in [0.2, 0.25) is 0 Å². The fraction of sp³-hybridized carbons (Fsp3) is 0.462. The zero-order valence-corrected chi connectivity index (χ0v) is 9.13. The van der Waals surface area contributed by atoms with Gasteiger partial charge in [-0.3, -0.25) is 4.79 Å². The van der Waals surface area contributed by atoms with E-state index in [2.05, 4.69) is 0 Å². The molecule has 0 saturated heterocycles. The van der Waals surface area contributed by atoms with Crippen LogP contribution in [-0.4, -0.2) is 17.7 Å². The van der Waals surface area contributed by atoms with E-state index in [1.807, 2.05) is 30.3 Å². The van der Waals surface area contributed by atoms with E-state index in [-0.39, 0.29) is 0 Å². The van der Waals surface area contributed by atoms with Crippen molar-refractivity contribution in [1.82, 2.24) is 0 Å². The lowest BCUT2D eigenvalue weighted by atomic mass is 10.2. The molecule has 16 heavy (non-hydrogen) atoms. The molecule has 0 heterocycles. The molecule has 86 valence electrons.